The number of halogens is 6. The van der Waals surface area contributed by atoms with E-state index in [1.807, 2.05) is 0 Å². The number of alkyl halides is 6. The van der Waals surface area contributed by atoms with E-state index in [1.54, 1.807) is 20.8 Å². The van der Waals surface area contributed by atoms with E-state index < -0.39 is 46.8 Å². The van der Waals surface area contributed by atoms with E-state index in [0.29, 0.717) is 11.8 Å². The molecule has 0 saturated carbocycles. The lowest BCUT2D eigenvalue weighted by Crippen LogP contribution is -2.36. The molecule has 0 heterocycles. The van der Waals surface area contributed by atoms with Gasteiger partial charge in [-0.05, 0) is 33.0 Å². The van der Waals surface area contributed by atoms with Crippen molar-refractivity contribution in [2.75, 3.05) is 6.61 Å². The van der Waals surface area contributed by atoms with E-state index in [9.17, 15) is 22.4 Å². The summed E-state index contributed by atoms with van der Waals surface area (Å²) >= 11 is 17.3. The van der Waals surface area contributed by atoms with Crippen LogP contribution in [0.15, 0.2) is 0 Å². The molecule has 0 aliphatic rings. The van der Waals surface area contributed by atoms with Crippen molar-refractivity contribution in [1.29, 1.82) is 0 Å². The van der Waals surface area contributed by atoms with Crippen LogP contribution in [0.25, 0.3) is 0 Å². The van der Waals surface area contributed by atoms with Crippen molar-refractivity contribution in [2.24, 2.45) is 0 Å². The van der Waals surface area contributed by atoms with E-state index in [0.717, 1.165) is 0 Å². The van der Waals surface area contributed by atoms with Crippen LogP contribution in [0.3, 0.4) is 0 Å². The molecule has 0 amide bonds. The maximum atomic E-state index is 13.4. The molecule has 0 rings (SSSR count). The summed E-state index contributed by atoms with van der Waals surface area (Å²) in [6, 6.07) is 0. The molecule has 0 aliphatic carbocycles. The van der Waals surface area contributed by atoms with Crippen molar-refractivity contribution in [1.82, 2.24) is 0 Å². The Morgan fingerprint density at radius 3 is 2.25 bits per heavy atom. The van der Waals surface area contributed by atoms with Gasteiger partial charge in [0.1, 0.15) is 0 Å². The van der Waals surface area contributed by atoms with Crippen LogP contribution >= 0.6 is 47.2 Å². The number of hydrogen-bond acceptors (Lipinski definition) is 5. The van der Waals surface area contributed by atoms with Gasteiger partial charge in [-0.15, -0.1) is 0 Å². The molecule has 11 heteroatoms. The molecule has 0 aromatic heterocycles. The lowest BCUT2D eigenvalue weighted by molar-refractivity contribution is -0.181. The fraction of sp³-hybridized carbons (Fsp3) is 0.846. The van der Waals surface area contributed by atoms with Gasteiger partial charge in [0.2, 0.25) is 8.72 Å². The van der Waals surface area contributed by atoms with Crippen molar-refractivity contribution in [3.05, 3.63) is 0 Å². The molecule has 0 bridgehead atoms. The molecule has 0 fully saturated rings. The van der Waals surface area contributed by atoms with Gasteiger partial charge in [-0.25, -0.2) is 9.18 Å². The average molecular weight is 433 g/mol. The molecule has 0 N–H and O–H groups in total. The van der Waals surface area contributed by atoms with E-state index in [-0.39, 0.29) is 11.0 Å². The van der Waals surface area contributed by atoms with E-state index >= 15 is 0 Å². The molecule has 0 saturated heterocycles. The Balaban J connectivity index is 5.10. The Morgan fingerprint density at radius 2 is 1.83 bits per heavy atom. The summed E-state index contributed by atoms with van der Waals surface area (Å²) in [6.07, 6.45) is -10.1. The highest BCUT2D eigenvalue weighted by molar-refractivity contribution is 8.23. The SMILES string of the molecule is CCOC(=S)SC(CC(F)C(F)(F)F)CC(Cl)(Cl)C(=O)OC(C)C. The first-order chi connectivity index (χ1) is 10.8. The molecular weight excluding hydrogens is 415 g/mol. The first kappa shape index (κ1) is 24.0. The van der Waals surface area contributed by atoms with Gasteiger partial charge in [0, 0.05) is 18.1 Å². The molecule has 0 aromatic carbocycles. The molecule has 0 radical (unpaired) electrons. The number of rotatable bonds is 8. The molecule has 0 aliphatic heterocycles. The normalized spacial score (nSPS) is 15.1. The summed E-state index contributed by atoms with van der Waals surface area (Å²) < 4.78 is 58.3. The van der Waals surface area contributed by atoms with E-state index in [1.165, 1.54) is 0 Å². The molecule has 0 aromatic rings. The third-order valence-electron chi connectivity index (χ3n) is 2.48. The van der Waals surface area contributed by atoms with Crippen LogP contribution in [-0.2, 0) is 14.3 Å². The monoisotopic (exact) mass is 432 g/mol. The van der Waals surface area contributed by atoms with Crippen LogP contribution in [0.1, 0.15) is 33.6 Å². The molecule has 0 spiro atoms. The van der Waals surface area contributed by atoms with Crippen LogP contribution in [0, 0.1) is 0 Å². The standard InChI is InChI=1S/C13H18Cl2F4O3S2/c1-4-21-11(23)24-8(5-9(16)13(17,18)19)6-12(14,15)10(20)22-7(2)3/h7-9H,4-6H2,1-3H3. The molecular formula is C13H18Cl2F4O3S2. The topological polar surface area (TPSA) is 35.5 Å². The highest BCUT2D eigenvalue weighted by Crippen LogP contribution is 2.38. The predicted octanol–water partition coefficient (Wildman–Crippen LogP) is 5.22. The summed E-state index contributed by atoms with van der Waals surface area (Å²) in [5.41, 5.74) is 0. The van der Waals surface area contributed by atoms with Gasteiger partial charge < -0.3 is 9.47 Å². The number of hydrogen-bond donors (Lipinski definition) is 0. The summed E-state index contributed by atoms with van der Waals surface area (Å²) in [5.74, 6) is -1.02. The van der Waals surface area contributed by atoms with Crippen LogP contribution in [-0.4, -0.2) is 45.0 Å². The maximum Gasteiger partial charge on any atom is 0.419 e. The second-order valence-electron chi connectivity index (χ2n) is 5.03. The number of thioether (sulfide) groups is 1. The van der Waals surface area contributed by atoms with Crippen molar-refractivity contribution in [3.8, 4) is 0 Å². The summed E-state index contributed by atoms with van der Waals surface area (Å²) in [7, 11) is 0. The largest absolute Gasteiger partial charge is 0.479 e. The molecule has 24 heavy (non-hydrogen) atoms. The average Bonchev–Trinajstić information content (AvgIpc) is 2.36. The Hall–Kier alpha value is 0.01000. The summed E-state index contributed by atoms with van der Waals surface area (Å²) in [6.45, 7) is 4.93. The van der Waals surface area contributed by atoms with E-state index in [4.69, 9.17) is 44.9 Å². The van der Waals surface area contributed by atoms with Gasteiger partial charge in [0.05, 0.1) is 12.7 Å². The molecule has 2 atom stereocenters. The zero-order chi connectivity index (χ0) is 19.1. The minimum absolute atomic E-state index is 0.0850. The molecule has 2 unspecified atom stereocenters. The van der Waals surface area contributed by atoms with Crippen LogP contribution in [0.2, 0.25) is 0 Å². The first-order valence-corrected chi connectivity index (χ1v) is 8.97. The second kappa shape index (κ2) is 10.2. The Bertz CT molecular complexity index is 434. The Kier molecular flexibility index (Phi) is 10.2. The van der Waals surface area contributed by atoms with Crippen LogP contribution < -0.4 is 0 Å². The van der Waals surface area contributed by atoms with Crippen molar-refractivity contribution >= 4 is 57.5 Å². The minimum atomic E-state index is -5.04. The third kappa shape index (κ3) is 9.48. The highest BCUT2D eigenvalue weighted by atomic mass is 35.5. The van der Waals surface area contributed by atoms with Gasteiger partial charge in [-0.1, -0.05) is 35.0 Å². The number of thiocarbonyl (C=S) groups is 1. The minimum Gasteiger partial charge on any atom is -0.479 e. The maximum absolute atomic E-state index is 13.4. The summed E-state index contributed by atoms with van der Waals surface area (Å²) in [4.78, 5) is 11.8. The molecule has 142 valence electrons. The second-order valence-corrected chi connectivity index (χ2v) is 8.42. The van der Waals surface area contributed by atoms with E-state index in [2.05, 4.69) is 0 Å². The fourth-order valence-corrected chi connectivity index (χ4v) is 3.72. The van der Waals surface area contributed by atoms with Gasteiger partial charge in [0.15, 0.2) is 6.17 Å². The van der Waals surface area contributed by atoms with Crippen LogP contribution in [0.5, 0.6) is 0 Å². The van der Waals surface area contributed by atoms with Crippen molar-refractivity contribution < 1.29 is 31.8 Å². The number of carbonyl (C=O) groups is 1. The zero-order valence-corrected chi connectivity index (χ0v) is 16.3. The quantitative estimate of drug-likeness (QED) is 0.227. The third-order valence-corrected chi connectivity index (χ3v) is 4.50. The van der Waals surface area contributed by atoms with Crippen molar-refractivity contribution in [2.45, 2.75) is 61.6 Å². The Labute approximate surface area is 157 Å². The van der Waals surface area contributed by atoms with Crippen molar-refractivity contribution in [3.63, 3.8) is 0 Å². The Morgan fingerprint density at radius 1 is 1.29 bits per heavy atom. The van der Waals surface area contributed by atoms with Gasteiger partial charge in [-0.3, -0.25) is 0 Å². The lowest BCUT2D eigenvalue weighted by atomic mass is 10.1. The van der Waals surface area contributed by atoms with Gasteiger partial charge in [-0.2, -0.15) is 13.2 Å². The lowest BCUT2D eigenvalue weighted by Gasteiger charge is -2.26. The number of esters is 1. The smallest absolute Gasteiger partial charge is 0.419 e. The fourth-order valence-electron chi connectivity index (χ4n) is 1.50. The van der Waals surface area contributed by atoms with Crippen LogP contribution in [0.4, 0.5) is 17.6 Å². The highest BCUT2D eigenvalue weighted by Gasteiger charge is 2.45. The first-order valence-electron chi connectivity index (χ1n) is 6.92. The number of carbonyl (C=O) groups excluding carboxylic acids is 1. The van der Waals surface area contributed by atoms with Gasteiger partial charge in [0.25, 0.3) is 0 Å². The van der Waals surface area contributed by atoms with Gasteiger partial charge >= 0.3 is 12.1 Å². The number of ether oxygens (including phenoxy) is 2. The predicted molar refractivity (Wildman–Crippen MR) is 91.5 cm³/mol. The summed E-state index contributed by atoms with van der Waals surface area (Å²) in [5, 5.41) is -1.13. The molecule has 3 nitrogen and oxygen atoms in total. The zero-order valence-electron chi connectivity index (χ0n) is 13.2.